The van der Waals surface area contributed by atoms with Gasteiger partial charge in [-0.05, 0) is 12.8 Å². The summed E-state index contributed by atoms with van der Waals surface area (Å²) in [6, 6.07) is 0. The van der Waals surface area contributed by atoms with Gasteiger partial charge in [-0.3, -0.25) is 0 Å². The molecule has 1 atom stereocenters. The van der Waals surface area contributed by atoms with Gasteiger partial charge in [0.25, 0.3) is 0 Å². The van der Waals surface area contributed by atoms with Gasteiger partial charge in [0, 0.05) is 6.92 Å². The van der Waals surface area contributed by atoms with Crippen molar-refractivity contribution in [2.24, 2.45) is 0 Å². The van der Waals surface area contributed by atoms with Gasteiger partial charge in [-0.25, -0.2) is 9.13 Å². The Morgan fingerprint density at radius 1 is 0.800 bits per heavy atom. The minimum atomic E-state index is -0.428. The first-order valence-corrected chi connectivity index (χ1v) is 10.5. The predicted octanol–water partition coefficient (Wildman–Crippen LogP) is 2.77. The fraction of sp³-hybridized carbons (Fsp3) is 0.857. The van der Waals surface area contributed by atoms with E-state index in [1.54, 1.807) is 6.92 Å². The lowest BCUT2D eigenvalue weighted by molar-refractivity contribution is -0.697. The Morgan fingerprint density at radius 3 is 1.64 bits per heavy atom. The first-order chi connectivity index (χ1) is 11.7. The van der Waals surface area contributed by atoms with E-state index < -0.39 is 6.23 Å². The molecule has 1 rings (SSSR count). The summed E-state index contributed by atoms with van der Waals surface area (Å²) in [5, 5.41) is 9.48. The van der Waals surface area contributed by atoms with Crippen molar-refractivity contribution in [1.82, 2.24) is 4.57 Å². The molecule has 0 aliphatic heterocycles. The molecule has 0 spiro atoms. The summed E-state index contributed by atoms with van der Waals surface area (Å²) >= 11 is 0. The fourth-order valence-corrected chi connectivity index (χ4v) is 3.25. The van der Waals surface area contributed by atoms with E-state index in [-0.39, 0.29) is 17.0 Å². The molecule has 0 fully saturated rings. The molecule has 0 aliphatic carbocycles. The largest absolute Gasteiger partial charge is 1.00 e. The average molecular weight is 417 g/mol. The summed E-state index contributed by atoms with van der Waals surface area (Å²) in [7, 11) is 0. The summed E-state index contributed by atoms with van der Waals surface area (Å²) < 4.78 is 4.01. The van der Waals surface area contributed by atoms with E-state index in [0.29, 0.717) is 0 Å². The standard InChI is InChI=1S/C21H41N2O.BrH/c1-3-4-5-6-7-8-9-10-11-12-13-14-15-16-17-22-18-19-23(20-22)21(2)24;/h18-21,24H,3-17H2,1-2H3;1H/q+1;/p-1. The van der Waals surface area contributed by atoms with Crippen LogP contribution in [-0.2, 0) is 6.54 Å². The number of aromatic nitrogens is 2. The highest BCUT2D eigenvalue weighted by Crippen LogP contribution is 2.12. The number of hydrogen-bond acceptors (Lipinski definition) is 1. The highest BCUT2D eigenvalue weighted by Gasteiger charge is 2.07. The van der Waals surface area contributed by atoms with E-state index in [1.165, 1.54) is 89.9 Å². The van der Waals surface area contributed by atoms with Crippen LogP contribution in [0.2, 0.25) is 0 Å². The van der Waals surface area contributed by atoms with Crippen LogP contribution >= 0.6 is 0 Å². The maximum absolute atomic E-state index is 9.48. The maximum Gasteiger partial charge on any atom is 0.245 e. The second-order valence-electron chi connectivity index (χ2n) is 7.33. The topological polar surface area (TPSA) is 29.0 Å². The van der Waals surface area contributed by atoms with Crippen LogP contribution in [-0.4, -0.2) is 9.67 Å². The summed E-state index contributed by atoms with van der Waals surface area (Å²) in [6.45, 7) is 5.14. The van der Waals surface area contributed by atoms with Crippen LogP contribution in [0.15, 0.2) is 18.7 Å². The van der Waals surface area contributed by atoms with Crippen molar-refractivity contribution in [3.8, 4) is 0 Å². The predicted molar refractivity (Wildman–Crippen MR) is 102 cm³/mol. The molecular formula is C21H41BrN2O. The molecule has 25 heavy (non-hydrogen) atoms. The van der Waals surface area contributed by atoms with Crippen molar-refractivity contribution in [2.75, 3.05) is 0 Å². The van der Waals surface area contributed by atoms with E-state index in [4.69, 9.17) is 0 Å². The van der Waals surface area contributed by atoms with Crippen molar-refractivity contribution in [3.63, 3.8) is 0 Å². The van der Waals surface area contributed by atoms with E-state index in [1.807, 2.05) is 17.1 Å². The monoisotopic (exact) mass is 416 g/mol. The van der Waals surface area contributed by atoms with Crippen LogP contribution in [0, 0.1) is 0 Å². The molecule has 3 nitrogen and oxygen atoms in total. The molecule has 0 amide bonds. The van der Waals surface area contributed by atoms with E-state index in [9.17, 15) is 5.11 Å². The van der Waals surface area contributed by atoms with Crippen LogP contribution in [0.1, 0.15) is 110 Å². The first kappa shape index (κ1) is 24.7. The Hall–Kier alpha value is -0.350. The van der Waals surface area contributed by atoms with Crippen molar-refractivity contribution < 1.29 is 26.7 Å². The third kappa shape index (κ3) is 13.5. The number of halogens is 1. The molecule has 148 valence electrons. The van der Waals surface area contributed by atoms with Gasteiger partial charge < -0.3 is 22.1 Å². The van der Waals surface area contributed by atoms with Gasteiger partial charge in [0.2, 0.25) is 6.33 Å². The van der Waals surface area contributed by atoms with Crippen molar-refractivity contribution in [2.45, 2.75) is 117 Å². The van der Waals surface area contributed by atoms with Gasteiger partial charge in [0.1, 0.15) is 12.4 Å². The van der Waals surface area contributed by atoms with Gasteiger partial charge in [-0.15, -0.1) is 0 Å². The SMILES string of the molecule is CCCCCCCCCCCCCCCC[n+]1ccn(C(C)O)c1.[Br-]. The molecule has 1 N–H and O–H groups in total. The number of nitrogens with zero attached hydrogens (tertiary/aromatic N) is 2. The zero-order chi connectivity index (χ0) is 17.5. The van der Waals surface area contributed by atoms with E-state index in [0.717, 1.165) is 6.54 Å². The Balaban J connectivity index is 0.00000576. The zero-order valence-electron chi connectivity index (χ0n) is 16.6. The lowest BCUT2D eigenvalue weighted by atomic mass is 10.0. The lowest BCUT2D eigenvalue weighted by Crippen LogP contribution is -3.00. The molecule has 0 radical (unpaired) electrons. The summed E-state index contributed by atoms with van der Waals surface area (Å²) in [5.41, 5.74) is 0. The Labute approximate surface area is 166 Å². The maximum atomic E-state index is 9.48. The quantitative estimate of drug-likeness (QED) is 0.325. The van der Waals surface area contributed by atoms with E-state index >= 15 is 0 Å². The number of aliphatic hydroxyl groups is 1. The van der Waals surface area contributed by atoms with Crippen LogP contribution < -0.4 is 21.5 Å². The summed E-state index contributed by atoms with van der Waals surface area (Å²) in [4.78, 5) is 0. The van der Waals surface area contributed by atoms with Crippen LogP contribution in [0.3, 0.4) is 0 Å². The highest BCUT2D eigenvalue weighted by molar-refractivity contribution is 4.67. The van der Waals surface area contributed by atoms with E-state index in [2.05, 4.69) is 17.7 Å². The van der Waals surface area contributed by atoms with Crippen LogP contribution in [0.4, 0.5) is 0 Å². The third-order valence-electron chi connectivity index (χ3n) is 4.91. The molecule has 0 saturated carbocycles. The van der Waals surface area contributed by atoms with Crippen LogP contribution in [0.5, 0.6) is 0 Å². The number of unbranched alkanes of at least 4 members (excludes halogenated alkanes) is 13. The average Bonchev–Trinajstić information content (AvgIpc) is 3.04. The minimum absolute atomic E-state index is 0. The Kier molecular flexibility index (Phi) is 16.8. The number of rotatable bonds is 16. The third-order valence-corrected chi connectivity index (χ3v) is 4.91. The number of aryl methyl sites for hydroxylation is 1. The molecule has 4 heteroatoms. The van der Waals surface area contributed by atoms with Gasteiger partial charge in [0.05, 0.1) is 6.54 Å². The molecule has 0 bridgehead atoms. The molecular weight excluding hydrogens is 376 g/mol. The number of hydrogen-bond donors (Lipinski definition) is 1. The van der Waals surface area contributed by atoms with Gasteiger partial charge >= 0.3 is 0 Å². The molecule has 0 saturated heterocycles. The molecule has 1 heterocycles. The molecule has 1 unspecified atom stereocenters. The smallest absolute Gasteiger partial charge is 0.245 e. The molecule has 0 aromatic carbocycles. The normalized spacial score (nSPS) is 12.1. The van der Waals surface area contributed by atoms with Crippen LogP contribution in [0.25, 0.3) is 0 Å². The van der Waals surface area contributed by atoms with Gasteiger partial charge in [-0.1, -0.05) is 84.0 Å². The van der Waals surface area contributed by atoms with Crippen molar-refractivity contribution in [1.29, 1.82) is 0 Å². The Morgan fingerprint density at radius 2 is 1.24 bits per heavy atom. The van der Waals surface area contributed by atoms with Crippen molar-refractivity contribution in [3.05, 3.63) is 18.7 Å². The molecule has 0 aliphatic rings. The zero-order valence-corrected chi connectivity index (χ0v) is 18.2. The first-order valence-electron chi connectivity index (χ1n) is 10.5. The molecule has 1 aromatic rings. The summed E-state index contributed by atoms with van der Waals surface area (Å²) in [6.07, 6.45) is 25.2. The second-order valence-corrected chi connectivity index (χ2v) is 7.33. The summed E-state index contributed by atoms with van der Waals surface area (Å²) in [5.74, 6) is 0. The number of imidazole rings is 1. The second kappa shape index (κ2) is 17.1. The molecule has 1 aromatic heterocycles. The van der Waals surface area contributed by atoms with Gasteiger partial charge in [-0.2, -0.15) is 0 Å². The highest BCUT2D eigenvalue weighted by atomic mass is 79.9. The van der Waals surface area contributed by atoms with Crippen molar-refractivity contribution >= 4 is 0 Å². The number of aliphatic hydroxyl groups excluding tert-OH is 1. The van der Waals surface area contributed by atoms with Gasteiger partial charge in [0.15, 0.2) is 6.23 Å². The lowest BCUT2D eigenvalue weighted by Gasteiger charge is -2.03. The fourth-order valence-electron chi connectivity index (χ4n) is 3.25. The Bertz CT molecular complexity index is 393. The minimum Gasteiger partial charge on any atom is -1.00 e.